The normalized spacial score (nSPS) is 22.2. The first-order chi connectivity index (χ1) is 8.57. The molecule has 0 spiro atoms. The Kier molecular flexibility index (Phi) is 4.86. The molecule has 3 nitrogen and oxygen atoms in total. The van der Waals surface area contributed by atoms with E-state index in [0.29, 0.717) is 23.2 Å². The first-order valence-electron chi connectivity index (χ1n) is 6.22. The van der Waals surface area contributed by atoms with Gasteiger partial charge in [0.1, 0.15) is 4.21 Å². The molecule has 1 aliphatic heterocycles. The van der Waals surface area contributed by atoms with Crippen LogP contribution in [0.15, 0.2) is 16.3 Å². The molecule has 1 saturated heterocycles. The Hall–Kier alpha value is 0.0900. The molecular formula is C12H18BrNO2S2. The second kappa shape index (κ2) is 6.03. The number of nitrogens with zero attached hydrogens (tertiary/aromatic N) is 1. The third-order valence-corrected chi connectivity index (χ3v) is 7.76. The van der Waals surface area contributed by atoms with E-state index in [0.717, 1.165) is 29.5 Å². The zero-order valence-corrected chi connectivity index (χ0v) is 13.7. The van der Waals surface area contributed by atoms with Crippen molar-refractivity contribution in [1.29, 1.82) is 0 Å². The van der Waals surface area contributed by atoms with Crippen molar-refractivity contribution in [2.75, 3.05) is 18.4 Å². The van der Waals surface area contributed by atoms with Gasteiger partial charge in [-0.1, -0.05) is 22.9 Å². The largest absolute Gasteiger partial charge is 0.252 e. The molecular weight excluding hydrogens is 334 g/mol. The van der Waals surface area contributed by atoms with Gasteiger partial charge in [0.05, 0.1) is 0 Å². The molecule has 0 radical (unpaired) electrons. The first-order valence-corrected chi connectivity index (χ1v) is 9.60. The van der Waals surface area contributed by atoms with Crippen molar-refractivity contribution in [2.24, 2.45) is 5.92 Å². The summed E-state index contributed by atoms with van der Waals surface area (Å²) in [6.07, 6.45) is 2.97. The molecule has 0 aromatic carbocycles. The summed E-state index contributed by atoms with van der Waals surface area (Å²) in [7, 11) is -3.26. The van der Waals surface area contributed by atoms with Crippen molar-refractivity contribution < 1.29 is 8.42 Å². The van der Waals surface area contributed by atoms with E-state index in [4.69, 9.17) is 0 Å². The molecule has 0 bridgehead atoms. The van der Waals surface area contributed by atoms with E-state index in [1.54, 1.807) is 10.4 Å². The van der Waals surface area contributed by atoms with Crippen LogP contribution in [-0.4, -0.2) is 31.1 Å². The molecule has 0 saturated carbocycles. The molecule has 1 fully saturated rings. The van der Waals surface area contributed by atoms with Gasteiger partial charge >= 0.3 is 0 Å². The number of piperidine rings is 1. The number of thiophene rings is 1. The van der Waals surface area contributed by atoms with Crippen molar-refractivity contribution in [3.05, 3.63) is 17.0 Å². The summed E-state index contributed by atoms with van der Waals surface area (Å²) in [6.45, 7) is 3.35. The molecule has 0 N–H and O–H groups in total. The Morgan fingerprint density at radius 3 is 2.89 bits per heavy atom. The number of hydrogen-bond donors (Lipinski definition) is 0. The van der Waals surface area contributed by atoms with Crippen LogP contribution in [0.5, 0.6) is 0 Å². The molecule has 2 heterocycles. The van der Waals surface area contributed by atoms with Crippen molar-refractivity contribution >= 4 is 37.3 Å². The van der Waals surface area contributed by atoms with Crippen LogP contribution in [0.2, 0.25) is 0 Å². The third kappa shape index (κ3) is 2.98. The van der Waals surface area contributed by atoms with E-state index in [2.05, 4.69) is 15.9 Å². The van der Waals surface area contributed by atoms with Crippen LogP contribution in [0.1, 0.15) is 24.6 Å². The molecule has 2 rings (SSSR count). The van der Waals surface area contributed by atoms with Gasteiger partial charge in [-0.3, -0.25) is 0 Å². The number of sulfonamides is 1. The van der Waals surface area contributed by atoms with Crippen LogP contribution < -0.4 is 0 Å². The van der Waals surface area contributed by atoms with Gasteiger partial charge in [0, 0.05) is 23.3 Å². The van der Waals surface area contributed by atoms with Crippen LogP contribution in [0.4, 0.5) is 0 Å². The second-order valence-electron chi connectivity index (χ2n) is 4.60. The smallest absolute Gasteiger partial charge is 0.206 e. The molecule has 6 heteroatoms. The summed E-state index contributed by atoms with van der Waals surface area (Å²) in [5.41, 5.74) is 0. The topological polar surface area (TPSA) is 37.4 Å². The van der Waals surface area contributed by atoms with E-state index in [-0.39, 0.29) is 0 Å². The van der Waals surface area contributed by atoms with E-state index in [9.17, 15) is 8.42 Å². The fraction of sp³-hybridized carbons (Fsp3) is 0.667. The van der Waals surface area contributed by atoms with Crippen molar-refractivity contribution in [2.45, 2.75) is 30.4 Å². The highest BCUT2D eigenvalue weighted by Gasteiger charge is 2.30. The molecule has 1 atom stereocenters. The van der Waals surface area contributed by atoms with Crippen LogP contribution in [-0.2, 0) is 16.4 Å². The molecule has 102 valence electrons. The minimum absolute atomic E-state index is 0.444. The van der Waals surface area contributed by atoms with Crippen LogP contribution in [0, 0.1) is 5.92 Å². The number of alkyl halides is 1. The molecule has 1 unspecified atom stereocenters. The number of halogens is 1. The molecule has 1 aromatic heterocycles. The summed E-state index contributed by atoms with van der Waals surface area (Å²) in [6, 6.07) is 3.67. The lowest BCUT2D eigenvalue weighted by Gasteiger charge is -2.30. The van der Waals surface area contributed by atoms with Gasteiger partial charge in [-0.2, -0.15) is 4.31 Å². The third-order valence-electron chi connectivity index (χ3n) is 3.28. The van der Waals surface area contributed by atoms with Crippen LogP contribution in [0.3, 0.4) is 0 Å². The Morgan fingerprint density at radius 2 is 2.28 bits per heavy atom. The highest BCUT2D eigenvalue weighted by molar-refractivity contribution is 9.09. The minimum Gasteiger partial charge on any atom is -0.206 e. The zero-order chi connectivity index (χ0) is 13.2. The monoisotopic (exact) mass is 351 g/mol. The van der Waals surface area contributed by atoms with Crippen molar-refractivity contribution in [3.63, 3.8) is 0 Å². The quantitative estimate of drug-likeness (QED) is 0.781. The van der Waals surface area contributed by atoms with Gasteiger partial charge in [-0.05, 0) is 37.3 Å². The van der Waals surface area contributed by atoms with Gasteiger partial charge < -0.3 is 0 Å². The summed E-state index contributed by atoms with van der Waals surface area (Å²) < 4.78 is 27.1. The van der Waals surface area contributed by atoms with Crippen molar-refractivity contribution in [3.8, 4) is 0 Å². The number of hydrogen-bond acceptors (Lipinski definition) is 3. The van der Waals surface area contributed by atoms with E-state index >= 15 is 0 Å². The van der Waals surface area contributed by atoms with Gasteiger partial charge in [0.25, 0.3) is 10.0 Å². The molecule has 0 aliphatic carbocycles. The van der Waals surface area contributed by atoms with Crippen molar-refractivity contribution in [1.82, 2.24) is 4.31 Å². The highest BCUT2D eigenvalue weighted by Crippen LogP contribution is 2.29. The van der Waals surface area contributed by atoms with E-state index in [1.807, 2.05) is 13.0 Å². The maximum absolute atomic E-state index is 12.5. The molecule has 1 aromatic rings. The Morgan fingerprint density at radius 1 is 1.50 bits per heavy atom. The van der Waals surface area contributed by atoms with Gasteiger partial charge in [-0.15, -0.1) is 11.3 Å². The van der Waals surface area contributed by atoms with Crippen LogP contribution >= 0.6 is 27.3 Å². The maximum atomic E-state index is 12.5. The van der Waals surface area contributed by atoms with Crippen LogP contribution in [0.25, 0.3) is 0 Å². The molecule has 18 heavy (non-hydrogen) atoms. The Labute approximate surface area is 121 Å². The number of rotatable bonds is 4. The lowest BCUT2D eigenvalue weighted by molar-refractivity contribution is 0.286. The molecule has 1 aliphatic rings. The lowest BCUT2D eigenvalue weighted by atomic mass is 10.0. The minimum atomic E-state index is -3.26. The fourth-order valence-electron chi connectivity index (χ4n) is 2.19. The fourth-order valence-corrected chi connectivity index (χ4v) is 5.72. The summed E-state index contributed by atoms with van der Waals surface area (Å²) in [5.74, 6) is 0.444. The Balaban J connectivity index is 2.19. The average Bonchev–Trinajstić information content (AvgIpc) is 2.88. The number of aryl methyl sites for hydroxylation is 1. The standard InChI is InChI=1S/C12H18BrNO2S2/c1-2-11-5-6-12(17-11)18(15,16)14-7-3-4-10(8-13)9-14/h5-6,10H,2-4,7-9H2,1H3. The summed E-state index contributed by atoms with van der Waals surface area (Å²) in [4.78, 5) is 1.13. The Bertz CT molecular complexity index is 498. The summed E-state index contributed by atoms with van der Waals surface area (Å²) in [5, 5.41) is 0.879. The predicted molar refractivity (Wildman–Crippen MR) is 79.0 cm³/mol. The first kappa shape index (κ1) is 14.5. The second-order valence-corrected chi connectivity index (χ2v) is 8.58. The average molecular weight is 352 g/mol. The van der Waals surface area contributed by atoms with Gasteiger partial charge in [0.15, 0.2) is 0 Å². The maximum Gasteiger partial charge on any atom is 0.252 e. The zero-order valence-electron chi connectivity index (χ0n) is 10.4. The SMILES string of the molecule is CCc1ccc(S(=O)(=O)N2CCCC(CBr)C2)s1. The van der Waals surface area contributed by atoms with Gasteiger partial charge in [-0.25, -0.2) is 8.42 Å². The van der Waals surface area contributed by atoms with Gasteiger partial charge in [0.2, 0.25) is 0 Å². The predicted octanol–water partition coefficient (Wildman–Crippen LogP) is 3.11. The molecule has 0 amide bonds. The van der Waals surface area contributed by atoms with E-state index in [1.165, 1.54) is 11.3 Å². The van der Waals surface area contributed by atoms with E-state index < -0.39 is 10.0 Å². The lowest BCUT2D eigenvalue weighted by Crippen LogP contribution is -2.40. The highest BCUT2D eigenvalue weighted by atomic mass is 79.9. The summed E-state index contributed by atoms with van der Waals surface area (Å²) >= 11 is 4.86.